The average molecular weight is 350 g/mol. The number of hydrogen-bond donors (Lipinski definition) is 4. The van der Waals surface area contributed by atoms with Crippen LogP contribution in [0.25, 0.3) is 0 Å². The summed E-state index contributed by atoms with van der Waals surface area (Å²) in [6.45, 7) is 10.2. The van der Waals surface area contributed by atoms with Gasteiger partial charge in [0.05, 0.1) is 29.8 Å². The number of fused-ring (bicyclic) bond motifs is 3. The van der Waals surface area contributed by atoms with E-state index in [0.29, 0.717) is 6.42 Å². The smallest absolute Gasteiger partial charge is 0.170 e. The quantitative estimate of drug-likeness (QED) is 0.489. The largest absolute Gasteiger partial charge is 0.392 e. The van der Waals surface area contributed by atoms with E-state index in [1.807, 2.05) is 0 Å². The summed E-state index contributed by atoms with van der Waals surface area (Å²) >= 11 is 0. The second-order valence-corrected chi connectivity index (χ2v) is 9.87. The molecule has 4 saturated carbocycles. The van der Waals surface area contributed by atoms with Gasteiger partial charge in [0.15, 0.2) is 5.78 Å². The molecule has 4 fully saturated rings. The van der Waals surface area contributed by atoms with Crippen LogP contribution in [0.4, 0.5) is 0 Å². The summed E-state index contributed by atoms with van der Waals surface area (Å²) in [6, 6.07) is 0. The standard InChI is InChI=1S/C20H30O5/c1-9-12-13(22)14(23)15-19(4)7-5-6-18(2,3)10(19)8-11(21)20(15,16(9)24)17(12)25/h10-15,17,21-23,25H,1,5-8H2,2-4H3/t10-,11-,12+,13-,14+,15+,17-,19-,20-/m1/s1. The summed E-state index contributed by atoms with van der Waals surface area (Å²) in [7, 11) is 0. The van der Waals surface area contributed by atoms with Crippen LogP contribution in [0.5, 0.6) is 0 Å². The summed E-state index contributed by atoms with van der Waals surface area (Å²) in [5.41, 5.74) is -1.73. The maximum Gasteiger partial charge on any atom is 0.170 e. The highest BCUT2D eigenvalue weighted by molar-refractivity contribution is 6.04. The van der Waals surface area contributed by atoms with Gasteiger partial charge in [0.1, 0.15) is 0 Å². The Morgan fingerprint density at radius 3 is 2.32 bits per heavy atom. The third-order valence-corrected chi connectivity index (χ3v) is 8.49. The van der Waals surface area contributed by atoms with Gasteiger partial charge in [-0.25, -0.2) is 0 Å². The highest BCUT2D eigenvalue weighted by Crippen LogP contribution is 2.70. The number of aliphatic hydroxyl groups is 4. The van der Waals surface area contributed by atoms with Crippen LogP contribution < -0.4 is 0 Å². The normalized spacial score (nSPS) is 57.2. The van der Waals surface area contributed by atoms with Crippen molar-refractivity contribution in [2.24, 2.45) is 34.0 Å². The molecule has 4 aliphatic carbocycles. The van der Waals surface area contributed by atoms with Gasteiger partial charge in [-0.15, -0.1) is 0 Å². The van der Waals surface area contributed by atoms with E-state index in [4.69, 9.17) is 0 Å². The number of carbonyl (C=O) groups is 1. The Morgan fingerprint density at radius 2 is 1.68 bits per heavy atom. The monoisotopic (exact) mass is 350 g/mol. The van der Waals surface area contributed by atoms with Crippen LogP contribution in [0.1, 0.15) is 46.5 Å². The number of ketones is 1. The lowest BCUT2D eigenvalue weighted by atomic mass is 9.39. The molecule has 9 atom stereocenters. The van der Waals surface area contributed by atoms with E-state index < -0.39 is 47.1 Å². The Balaban J connectivity index is 1.95. The van der Waals surface area contributed by atoms with Crippen molar-refractivity contribution in [2.75, 3.05) is 0 Å². The molecule has 4 N–H and O–H groups in total. The zero-order chi connectivity index (χ0) is 18.5. The molecule has 0 amide bonds. The molecule has 4 aliphatic rings. The lowest BCUT2D eigenvalue weighted by Crippen LogP contribution is -2.72. The first-order chi connectivity index (χ1) is 11.5. The van der Waals surface area contributed by atoms with E-state index >= 15 is 0 Å². The molecule has 0 radical (unpaired) electrons. The SMILES string of the molecule is C=C1C(=O)[C@@]23[C@H](O)C[C@@H]4C(C)(C)CCC[C@@]4(C)[C@@H]2[C@@H](O)[C@H](O)[C@H]1[C@H]3O. The van der Waals surface area contributed by atoms with E-state index in [-0.39, 0.29) is 22.7 Å². The van der Waals surface area contributed by atoms with Crippen molar-refractivity contribution >= 4 is 5.78 Å². The molecular formula is C20H30O5. The van der Waals surface area contributed by atoms with Gasteiger partial charge in [0, 0.05) is 11.8 Å². The van der Waals surface area contributed by atoms with Gasteiger partial charge in [0.25, 0.3) is 0 Å². The first-order valence-electron chi connectivity index (χ1n) is 9.47. The summed E-state index contributed by atoms with van der Waals surface area (Å²) in [6.07, 6.45) is -1.32. The van der Waals surface area contributed by atoms with Crippen molar-refractivity contribution in [1.82, 2.24) is 0 Å². The number of rotatable bonds is 0. The minimum atomic E-state index is -1.43. The van der Waals surface area contributed by atoms with Gasteiger partial charge in [0.2, 0.25) is 0 Å². The minimum Gasteiger partial charge on any atom is -0.392 e. The topological polar surface area (TPSA) is 98.0 Å². The first-order valence-corrected chi connectivity index (χ1v) is 9.47. The van der Waals surface area contributed by atoms with E-state index in [0.717, 1.165) is 19.3 Å². The van der Waals surface area contributed by atoms with Gasteiger partial charge in [-0.05, 0) is 41.6 Å². The molecule has 0 unspecified atom stereocenters. The zero-order valence-electron chi connectivity index (χ0n) is 15.3. The minimum absolute atomic E-state index is 0.0271. The fourth-order valence-corrected chi connectivity index (χ4v) is 7.50. The number of Topliss-reactive ketones (excluding diaryl/α,β-unsaturated/α-hetero) is 1. The lowest BCUT2D eigenvalue weighted by molar-refractivity contribution is -0.270. The second kappa shape index (κ2) is 4.94. The Bertz CT molecular complexity index is 642. The van der Waals surface area contributed by atoms with Gasteiger partial charge >= 0.3 is 0 Å². The molecule has 140 valence electrons. The molecule has 0 aromatic rings. The molecule has 0 saturated heterocycles. The van der Waals surface area contributed by atoms with Crippen molar-refractivity contribution in [1.29, 1.82) is 0 Å². The van der Waals surface area contributed by atoms with Gasteiger partial charge in [-0.2, -0.15) is 0 Å². The number of aliphatic hydroxyl groups excluding tert-OH is 4. The number of carbonyl (C=O) groups excluding carboxylic acids is 1. The molecule has 1 spiro atoms. The fourth-order valence-electron chi connectivity index (χ4n) is 7.50. The molecular weight excluding hydrogens is 320 g/mol. The molecule has 25 heavy (non-hydrogen) atoms. The Hall–Kier alpha value is -0.750. The summed E-state index contributed by atoms with van der Waals surface area (Å²) in [4.78, 5) is 13.2. The second-order valence-electron chi connectivity index (χ2n) is 9.87. The molecule has 4 rings (SSSR count). The van der Waals surface area contributed by atoms with Gasteiger partial charge < -0.3 is 20.4 Å². The maximum atomic E-state index is 13.2. The van der Waals surface area contributed by atoms with Crippen LogP contribution in [0.3, 0.4) is 0 Å². The van der Waals surface area contributed by atoms with Crippen LogP contribution in [0.2, 0.25) is 0 Å². The predicted octanol–water partition coefficient (Wildman–Crippen LogP) is 1.04. The van der Waals surface area contributed by atoms with Gasteiger partial charge in [-0.3, -0.25) is 4.79 Å². The summed E-state index contributed by atoms with van der Waals surface area (Å²) in [5.74, 6) is -1.79. The molecule has 2 bridgehead atoms. The van der Waals surface area contributed by atoms with E-state index in [9.17, 15) is 25.2 Å². The Labute approximate surface area is 148 Å². The van der Waals surface area contributed by atoms with Crippen molar-refractivity contribution in [3.63, 3.8) is 0 Å². The lowest BCUT2D eigenvalue weighted by Gasteiger charge is -2.66. The van der Waals surface area contributed by atoms with Crippen LogP contribution in [0, 0.1) is 34.0 Å². The highest BCUT2D eigenvalue weighted by Gasteiger charge is 2.77. The third kappa shape index (κ3) is 1.76. The van der Waals surface area contributed by atoms with Crippen molar-refractivity contribution < 1.29 is 25.2 Å². The molecule has 0 aromatic carbocycles. The first kappa shape index (κ1) is 17.7. The Kier molecular flexibility index (Phi) is 3.49. The van der Waals surface area contributed by atoms with Crippen molar-refractivity contribution in [3.05, 3.63) is 12.2 Å². The molecule has 0 aliphatic heterocycles. The summed E-state index contributed by atoms with van der Waals surface area (Å²) < 4.78 is 0. The van der Waals surface area contributed by atoms with Crippen LogP contribution >= 0.6 is 0 Å². The van der Waals surface area contributed by atoms with E-state index in [1.165, 1.54) is 0 Å². The van der Waals surface area contributed by atoms with Gasteiger partial charge in [-0.1, -0.05) is 33.8 Å². The zero-order valence-corrected chi connectivity index (χ0v) is 15.3. The predicted molar refractivity (Wildman–Crippen MR) is 91.4 cm³/mol. The van der Waals surface area contributed by atoms with Crippen molar-refractivity contribution in [2.45, 2.75) is 70.9 Å². The highest BCUT2D eigenvalue weighted by atomic mass is 16.3. The molecule has 5 heteroatoms. The molecule has 0 aromatic heterocycles. The Morgan fingerprint density at radius 1 is 1.04 bits per heavy atom. The van der Waals surface area contributed by atoms with Crippen LogP contribution in [-0.2, 0) is 4.79 Å². The van der Waals surface area contributed by atoms with Crippen LogP contribution in [0.15, 0.2) is 12.2 Å². The van der Waals surface area contributed by atoms with Crippen LogP contribution in [-0.4, -0.2) is 50.6 Å². The van der Waals surface area contributed by atoms with E-state index in [1.54, 1.807) is 0 Å². The molecule has 0 heterocycles. The molecule has 5 nitrogen and oxygen atoms in total. The maximum absolute atomic E-state index is 13.2. The summed E-state index contributed by atoms with van der Waals surface area (Å²) in [5, 5.41) is 43.8. The average Bonchev–Trinajstić information content (AvgIpc) is 2.66. The number of hydrogen-bond acceptors (Lipinski definition) is 5. The van der Waals surface area contributed by atoms with E-state index in [2.05, 4.69) is 27.4 Å². The van der Waals surface area contributed by atoms with Crippen molar-refractivity contribution in [3.8, 4) is 0 Å². The fraction of sp³-hybridized carbons (Fsp3) is 0.850. The third-order valence-electron chi connectivity index (χ3n) is 8.49.